The van der Waals surface area contributed by atoms with Crippen molar-refractivity contribution in [1.29, 1.82) is 0 Å². The van der Waals surface area contributed by atoms with Crippen LogP contribution in [-0.4, -0.2) is 12.9 Å². The van der Waals surface area contributed by atoms with E-state index in [4.69, 9.17) is 27.9 Å². The Kier molecular flexibility index (Phi) is 6.84. The average molecular weight is 417 g/mol. The van der Waals surface area contributed by atoms with Gasteiger partial charge in [-0.05, 0) is 42.0 Å². The monoisotopic (exact) mass is 416 g/mol. The van der Waals surface area contributed by atoms with E-state index in [1.165, 1.54) is 0 Å². The third-order valence-corrected chi connectivity index (χ3v) is 6.39. The smallest absolute Gasteiger partial charge is 0.164 e. The second-order valence-corrected chi connectivity index (χ2v) is 7.95. The van der Waals surface area contributed by atoms with E-state index in [9.17, 15) is 4.79 Å². The lowest BCUT2D eigenvalue weighted by molar-refractivity contribution is 0.0982. The normalized spacial score (nSPS) is 11.8. The maximum absolute atomic E-state index is 12.9. The van der Waals surface area contributed by atoms with E-state index in [0.717, 1.165) is 16.2 Å². The zero-order valence-electron chi connectivity index (χ0n) is 14.7. The number of carbonyl (C=O) groups excluding carboxylic acids is 1. The summed E-state index contributed by atoms with van der Waals surface area (Å²) in [6.07, 6.45) is 0.351. The van der Waals surface area contributed by atoms with Gasteiger partial charge in [-0.2, -0.15) is 0 Å². The summed E-state index contributed by atoms with van der Waals surface area (Å²) in [5, 5.41) is 0.953. The van der Waals surface area contributed by atoms with E-state index in [-0.39, 0.29) is 11.0 Å². The Labute approximate surface area is 173 Å². The summed E-state index contributed by atoms with van der Waals surface area (Å²) in [6.45, 7) is 0. The number of hydrogen-bond donors (Lipinski definition) is 0. The molecule has 0 aliphatic carbocycles. The minimum atomic E-state index is -0.0724. The highest BCUT2D eigenvalue weighted by molar-refractivity contribution is 7.99. The lowest BCUT2D eigenvalue weighted by atomic mass is 10.0. The molecule has 0 aliphatic heterocycles. The molecule has 0 heterocycles. The van der Waals surface area contributed by atoms with E-state index < -0.39 is 0 Å². The minimum Gasteiger partial charge on any atom is -0.497 e. The molecule has 0 aliphatic rings. The number of halogens is 2. The van der Waals surface area contributed by atoms with Crippen molar-refractivity contribution in [3.8, 4) is 5.75 Å². The first kappa shape index (κ1) is 19.8. The summed E-state index contributed by atoms with van der Waals surface area (Å²) in [5.74, 6) is 0.795. The van der Waals surface area contributed by atoms with Gasteiger partial charge in [-0.1, -0.05) is 59.6 Å². The Morgan fingerprint density at radius 1 is 0.963 bits per heavy atom. The third-order valence-electron chi connectivity index (χ3n) is 4.14. The molecule has 3 aromatic carbocycles. The number of rotatable bonds is 7. The largest absolute Gasteiger partial charge is 0.497 e. The fraction of sp³-hybridized carbons (Fsp3) is 0.136. The van der Waals surface area contributed by atoms with Gasteiger partial charge in [-0.25, -0.2) is 0 Å². The highest BCUT2D eigenvalue weighted by atomic mass is 35.5. The predicted octanol–water partition coefficient (Wildman–Crippen LogP) is 7.11. The van der Waals surface area contributed by atoms with Gasteiger partial charge in [-0.15, -0.1) is 11.8 Å². The van der Waals surface area contributed by atoms with Crippen molar-refractivity contribution in [3.63, 3.8) is 0 Å². The second-order valence-electron chi connectivity index (χ2n) is 5.92. The van der Waals surface area contributed by atoms with Crippen molar-refractivity contribution in [2.24, 2.45) is 0 Å². The molecule has 0 aromatic heterocycles. The molecule has 3 rings (SSSR count). The Bertz CT molecular complexity index is 911. The van der Waals surface area contributed by atoms with Crippen LogP contribution in [0.15, 0.2) is 77.7 Å². The van der Waals surface area contributed by atoms with Crippen molar-refractivity contribution in [2.45, 2.75) is 16.6 Å². The SMILES string of the molecule is COc1ccc(C(=O)C[C@H](Sc2cccc(Cl)c2Cl)c2ccccc2)cc1. The molecular formula is C22H18Cl2O2S. The number of Topliss-reactive ketones (excluding diaryl/α,β-unsaturated/α-hetero) is 1. The molecule has 0 fully saturated rings. The summed E-state index contributed by atoms with van der Waals surface area (Å²) < 4.78 is 5.16. The standard InChI is InChI=1S/C22H18Cl2O2S/c1-26-17-12-10-15(11-13-17)19(25)14-21(16-6-3-2-4-7-16)27-20-9-5-8-18(23)22(20)24/h2-13,21H,14H2,1H3/t21-/m0/s1. The molecule has 0 amide bonds. The highest BCUT2D eigenvalue weighted by Crippen LogP contribution is 2.43. The second kappa shape index (κ2) is 9.32. The first-order valence-electron chi connectivity index (χ1n) is 8.41. The lowest BCUT2D eigenvalue weighted by Gasteiger charge is -2.18. The fourth-order valence-corrected chi connectivity index (χ4v) is 4.38. The molecule has 3 aromatic rings. The summed E-state index contributed by atoms with van der Waals surface area (Å²) in [7, 11) is 1.60. The van der Waals surface area contributed by atoms with Gasteiger partial charge in [0, 0.05) is 22.1 Å². The zero-order chi connectivity index (χ0) is 19.2. The molecule has 0 radical (unpaired) electrons. The first-order chi connectivity index (χ1) is 13.1. The van der Waals surface area contributed by atoms with Crippen molar-refractivity contribution >= 4 is 40.7 Å². The van der Waals surface area contributed by atoms with Gasteiger partial charge < -0.3 is 4.74 Å². The Balaban J connectivity index is 1.86. The maximum Gasteiger partial charge on any atom is 0.164 e. The van der Waals surface area contributed by atoms with Crippen molar-refractivity contribution in [1.82, 2.24) is 0 Å². The maximum atomic E-state index is 12.9. The fourth-order valence-electron chi connectivity index (χ4n) is 2.69. The van der Waals surface area contributed by atoms with Gasteiger partial charge >= 0.3 is 0 Å². The Morgan fingerprint density at radius 2 is 1.67 bits per heavy atom. The summed E-state index contributed by atoms with van der Waals surface area (Å²) in [5.41, 5.74) is 1.73. The molecule has 27 heavy (non-hydrogen) atoms. The summed E-state index contributed by atoms with van der Waals surface area (Å²) >= 11 is 14.1. The van der Waals surface area contributed by atoms with Crippen LogP contribution in [0.3, 0.4) is 0 Å². The molecule has 138 valence electrons. The minimum absolute atomic E-state index is 0.0668. The van der Waals surface area contributed by atoms with Crippen LogP contribution in [0.2, 0.25) is 10.0 Å². The summed E-state index contributed by atoms with van der Waals surface area (Å²) in [4.78, 5) is 13.7. The van der Waals surface area contributed by atoms with E-state index in [1.807, 2.05) is 42.5 Å². The molecule has 0 saturated heterocycles. The van der Waals surface area contributed by atoms with Crippen LogP contribution in [0, 0.1) is 0 Å². The summed E-state index contributed by atoms with van der Waals surface area (Å²) in [6, 6.07) is 22.7. The molecular weight excluding hydrogens is 399 g/mol. The molecule has 0 saturated carbocycles. The van der Waals surface area contributed by atoms with Crippen LogP contribution < -0.4 is 4.74 Å². The molecule has 5 heteroatoms. The number of thioether (sulfide) groups is 1. The topological polar surface area (TPSA) is 26.3 Å². The number of hydrogen-bond acceptors (Lipinski definition) is 3. The number of carbonyl (C=O) groups is 1. The lowest BCUT2D eigenvalue weighted by Crippen LogP contribution is -2.05. The quantitative estimate of drug-likeness (QED) is 0.303. The van der Waals surface area contributed by atoms with Crippen molar-refractivity contribution in [2.75, 3.05) is 7.11 Å². The molecule has 0 bridgehead atoms. The van der Waals surface area contributed by atoms with Crippen molar-refractivity contribution in [3.05, 3.63) is 94.0 Å². The van der Waals surface area contributed by atoms with Gasteiger partial charge in [0.05, 0.1) is 17.2 Å². The van der Waals surface area contributed by atoms with E-state index in [0.29, 0.717) is 22.0 Å². The van der Waals surface area contributed by atoms with Gasteiger partial charge in [0.25, 0.3) is 0 Å². The van der Waals surface area contributed by atoms with E-state index in [1.54, 1.807) is 49.2 Å². The number of benzene rings is 3. The van der Waals surface area contributed by atoms with Gasteiger partial charge in [0.2, 0.25) is 0 Å². The number of methoxy groups -OCH3 is 1. The Morgan fingerprint density at radius 3 is 2.33 bits per heavy atom. The molecule has 1 atom stereocenters. The van der Waals surface area contributed by atoms with Crippen molar-refractivity contribution < 1.29 is 9.53 Å². The highest BCUT2D eigenvalue weighted by Gasteiger charge is 2.20. The van der Waals surface area contributed by atoms with Crippen LogP contribution in [-0.2, 0) is 0 Å². The number of ketones is 1. The Hall–Kier alpha value is -1.94. The van der Waals surface area contributed by atoms with Crippen LogP contribution in [0.25, 0.3) is 0 Å². The first-order valence-corrected chi connectivity index (χ1v) is 10.0. The van der Waals surface area contributed by atoms with Gasteiger partial charge in [0.15, 0.2) is 5.78 Å². The van der Waals surface area contributed by atoms with E-state index in [2.05, 4.69) is 0 Å². The molecule has 0 N–H and O–H groups in total. The number of ether oxygens (including phenoxy) is 1. The third kappa shape index (κ3) is 5.07. The average Bonchev–Trinajstić information content (AvgIpc) is 2.71. The molecule has 0 spiro atoms. The van der Waals surface area contributed by atoms with Gasteiger partial charge in [-0.3, -0.25) is 4.79 Å². The van der Waals surface area contributed by atoms with Crippen LogP contribution in [0.4, 0.5) is 0 Å². The van der Waals surface area contributed by atoms with Crippen LogP contribution in [0.5, 0.6) is 5.75 Å². The molecule has 2 nitrogen and oxygen atoms in total. The zero-order valence-corrected chi connectivity index (χ0v) is 17.0. The van der Waals surface area contributed by atoms with E-state index >= 15 is 0 Å². The van der Waals surface area contributed by atoms with Gasteiger partial charge in [0.1, 0.15) is 5.75 Å². The van der Waals surface area contributed by atoms with Crippen LogP contribution >= 0.6 is 35.0 Å². The van der Waals surface area contributed by atoms with Crippen LogP contribution in [0.1, 0.15) is 27.6 Å². The molecule has 0 unspecified atom stereocenters. The predicted molar refractivity (Wildman–Crippen MR) is 113 cm³/mol.